The Morgan fingerprint density at radius 1 is 0.667 bits per heavy atom. The molecule has 1 aliphatic rings. The molecule has 0 N–H and O–H groups in total. The molecule has 0 saturated carbocycles. The fourth-order valence-corrected chi connectivity index (χ4v) is 3.23. The van der Waals surface area contributed by atoms with E-state index in [0.717, 1.165) is 22.3 Å². The van der Waals surface area contributed by atoms with Gasteiger partial charge in [-0.25, -0.2) is 0 Å². The van der Waals surface area contributed by atoms with Crippen molar-refractivity contribution in [2.45, 2.75) is 0 Å². The Bertz CT molecular complexity index is 1020. The second kappa shape index (κ2) is 5.64. The number of ketones is 1. The maximum Gasteiger partial charge on any atom is 0.195 e. The van der Waals surface area contributed by atoms with Crippen molar-refractivity contribution in [2.75, 3.05) is 0 Å². The summed E-state index contributed by atoms with van der Waals surface area (Å²) in [6.07, 6.45) is 0. The molecule has 0 atom stereocenters. The van der Waals surface area contributed by atoms with E-state index in [4.69, 9.17) is 0 Å². The van der Waals surface area contributed by atoms with Gasteiger partial charge in [-0.15, -0.1) is 0 Å². The van der Waals surface area contributed by atoms with E-state index in [1.54, 1.807) is 0 Å². The van der Waals surface area contributed by atoms with Crippen molar-refractivity contribution in [1.82, 2.24) is 0 Å². The lowest BCUT2D eigenvalue weighted by Gasteiger charge is -2.22. The minimum atomic E-state index is -0.0929. The molecule has 0 heterocycles. The normalized spacial score (nSPS) is 14.4. The van der Waals surface area contributed by atoms with Crippen LogP contribution in [-0.4, -0.2) is 5.78 Å². The fourth-order valence-electron chi connectivity index (χ4n) is 3.23. The van der Waals surface area contributed by atoms with Crippen molar-refractivity contribution in [3.63, 3.8) is 0 Å². The van der Waals surface area contributed by atoms with Gasteiger partial charge in [0.2, 0.25) is 0 Å². The molecule has 0 aromatic heterocycles. The first kappa shape index (κ1) is 14.2. The van der Waals surface area contributed by atoms with Gasteiger partial charge in [-0.1, -0.05) is 78.9 Å². The van der Waals surface area contributed by atoms with Crippen LogP contribution < -0.4 is 0 Å². The zero-order valence-electron chi connectivity index (χ0n) is 12.9. The predicted molar refractivity (Wildman–Crippen MR) is 95.1 cm³/mol. The molecule has 0 saturated heterocycles. The molecule has 4 rings (SSSR count). The lowest BCUT2D eigenvalue weighted by molar-refractivity contribution is 0.105. The Hall–Kier alpha value is -3.44. The quantitative estimate of drug-likeness (QED) is 0.469. The molecule has 2 heteroatoms. The number of fused-ring (bicyclic) bond motifs is 3. The summed E-state index contributed by atoms with van der Waals surface area (Å²) in [7, 11) is 0. The molecule has 0 aliphatic heterocycles. The van der Waals surface area contributed by atoms with Crippen molar-refractivity contribution in [3.05, 3.63) is 95.6 Å². The number of allylic oxidation sites excluding steroid dienone is 2. The van der Waals surface area contributed by atoms with Gasteiger partial charge < -0.3 is 0 Å². The van der Waals surface area contributed by atoms with Gasteiger partial charge in [0.25, 0.3) is 0 Å². The maximum absolute atomic E-state index is 13.1. The van der Waals surface area contributed by atoms with Crippen molar-refractivity contribution in [2.24, 2.45) is 0 Å². The van der Waals surface area contributed by atoms with E-state index >= 15 is 0 Å². The molecular weight excluding hydrogens is 294 g/mol. The fraction of sp³-hybridized carbons (Fsp3) is 0. The highest BCUT2D eigenvalue weighted by Crippen LogP contribution is 2.41. The summed E-state index contributed by atoms with van der Waals surface area (Å²) < 4.78 is 0. The molecule has 0 bridgehead atoms. The lowest BCUT2D eigenvalue weighted by atomic mass is 9.79. The summed E-state index contributed by atoms with van der Waals surface area (Å²) in [5.74, 6) is -0.0929. The van der Waals surface area contributed by atoms with Gasteiger partial charge in [0.15, 0.2) is 5.78 Å². The van der Waals surface area contributed by atoms with Crippen LogP contribution in [0.4, 0.5) is 0 Å². The van der Waals surface area contributed by atoms with Gasteiger partial charge in [0.1, 0.15) is 6.07 Å². The monoisotopic (exact) mass is 307 g/mol. The van der Waals surface area contributed by atoms with Crippen LogP contribution in [0.5, 0.6) is 0 Å². The second-order valence-electron chi connectivity index (χ2n) is 5.65. The minimum absolute atomic E-state index is 0.0929. The number of benzene rings is 3. The Morgan fingerprint density at radius 3 is 1.79 bits per heavy atom. The summed E-state index contributed by atoms with van der Waals surface area (Å²) in [5.41, 5.74) is 5.05. The molecule has 3 aromatic carbocycles. The van der Waals surface area contributed by atoms with Crippen molar-refractivity contribution < 1.29 is 4.79 Å². The van der Waals surface area contributed by atoms with Crippen LogP contribution in [0.2, 0.25) is 0 Å². The van der Waals surface area contributed by atoms with Crippen LogP contribution in [0.3, 0.4) is 0 Å². The Balaban J connectivity index is 2.09. The van der Waals surface area contributed by atoms with E-state index in [-0.39, 0.29) is 5.78 Å². The van der Waals surface area contributed by atoms with Gasteiger partial charge in [0.05, 0.1) is 5.57 Å². The second-order valence-corrected chi connectivity index (χ2v) is 5.65. The number of Topliss-reactive ketones (excluding diaryl/α,β-unsaturated/α-hetero) is 1. The minimum Gasteiger partial charge on any atom is -0.289 e. The molecule has 3 aromatic rings. The van der Waals surface area contributed by atoms with Crippen LogP contribution in [0.15, 0.2) is 78.9 Å². The van der Waals surface area contributed by atoms with Gasteiger partial charge in [0, 0.05) is 11.1 Å². The first-order valence-corrected chi connectivity index (χ1v) is 7.74. The van der Waals surface area contributed by atoms with Crippen molar-refractivity contribution >= 4 is 16.9 Å². The molecule has 0 amide bonds. The highest BCUT2D eigenvalue weighted by atomic mass is 16.1. The lowest BCUT2D eigenvalue weighted by Crippen LogP contribution is -2.13. The van der Waals surface area contributed by atoms with Gasteiger partial charge in [-0.05, 0) is 22.3 Å². The van der Waals surface area contributed by atoms with Crippen LogP contribution in [0.1, 0.15) is 21.5 Å². The van der Waals surface area contributed by atoms with Gasteiger partial charge >= 0.3 is 0 Å². The Kier molecular flexibility index (Phi) is 3.33. The standard InChI is InChI=1S/C22H13NO/c23-14-20(15-8-2-1-3-9-15)21-18-12-6-4-10-16(18)17-11-5-7-13-19(17)22(21)24/h1-13H/b21-20-. The summed E-state index contributed by atoms with van der Waals surface area (Å²) >= 11 is 0. The smallest absolute Gasteiger partial charge is 0.195 e. The third-order valence-corrected chi connectivity index (χ3v) is 4.31. The van der Waals surface area contributed by atoms with Gasteiger partial charge in [-0.3, -0.25) is 4.79 Å². The average molecular weight is 307 g/mol. The van der Waals surface area contributed by atoms with Crippen LogP contribution in [0.25, 0.3) is 22.3 Å². The van der Waals surface area contributed by atoms with E-state index in [1.807, 2.05) is 78.9 Å². The molecule has 24 heavy (non-hydrogen) atoms. The zero-order valence-corrected chi connectivity index (χ0v) is 12.9. The van der Waals surface area contributed by atoms with Crippen molar-refractivity contribution in [3.8, 4) is 17.2 Å². The molecule has 0 unspecified atom stereocenters. The number of carbonyl (C=O) groups is 1. The summed E-state index contributed by atoms with van der Waals surface area (Å²) in [6.45, 7) is 0. The average Bonchev–Trinajstić information content (AvgIpc) is 2.66. The summed E-state index contributed by atoms with van der Waals surface area (Å²) in [6, 6.07) is 27.0. The maximum atomic E-state index is 13.1. The number of carbonyl (C=O) groups excluding carboxylic acids is 1. The highest BCUT2D eigenvalue weighted by Gasteiger charge is 2.29. The summed E-state index contributed by atoms with van der Waals surface area (Å²) in [5, 5.41) is 9.76. The van der Waals surface area contributed by atoms with E-state index in [2.05, 4.69) is 6.07 Å². The van der Waals surface area contributed by atoms with Gasteiger partial charge in [-0.2, -0.15) is 5.26 Å². The van der Waals surface area contributed by atoms with Crippen LogP contribution >= 0.6 is 0 Å². The topological polar surface area (TPSA) is 40.9 Å². The van der Waals surface area contributed by atoms with E-state index in [9.17, 15) is 10.1 Å². The van der Waals surface area contributed by atoms with E-state index < -0.39 is 0 Å². The zero-order chi connectivity index (χ0) is 16.5. The molecule has 112 valence electrons. The number of hydrogen-bond donors (Lipinski definition) is 0. The largest absolute Gasteiger partial charge is 0.289 e. The number of rotatable bonds is 1. The third kappa shape index (κ3) is 2.07. The molecule has 0 spiro atoms. The summed E-state index contributed by atoms with van der Waals surface area (Å²) in [4.78, 5) is 13.1. The Labute approximate surface area is 140 Å². The Morgan fingerprint density at radius 2 is 1.17 bits per heavy atom. The molecule has 1 aliphatic carbocycles. The first-order valence-electron chi connectivity index (χ1n) is 7.74. The predicted octanol–water partition coefficient (Wildman–Crippen LogP) is 4.98. The molecular formula is C22H13NO. The highest BCUT2D eigenvalue weighted by molar-refractivity contribution is 6.40. The molecule has 0 fully saturated rings. The van der Waals surface area contributed by atoms with Crippen molar-refractivity contribution in [1.29, 1.82) is 5.26 Å². The number of nitrogens with zero attached hydrogens (tertiary/aromatic N) is 1. The van der Waals surface area contributed by atoms with Crippen LogP contribution in [0, 0.1) is 11.3 Å². The van der Waals surface area contributed by atoms with E-state index in [1.165, 1.54) is 0 Å². The first-order chi connectivity index (χ1) is 11.8. The number of nitriles is 1. The molecule has 2 nitrogen and oxygen atoms in total. The number of hydrogen-bond acceptors (Lipinski definition) is 2. The van der Waals surface area contributed by atoms with E-state index in [0.29, 0.717) is 16.7 Å². The third-order valence-electron chi connectivity index (χ3n) is 4.31. The van der Waals surface area contributed by atoms with Crippen LogP contribution in [-0.2, 0) is 0 Å². The SMILES string of the molecule is N#C/C(=C1/C(=O)c2ccccc2-c2ccccc21)c1ccccc1. The molecule has 0 radical (unpaired) electrons.